The molecule has 0 bridgehead atoms. The molecule has 0 spiro atoms. The van der Waals surface area contributed by atoms with Gasteiger partial charge in [-0.25, -0.2) is 4.79 Å². The first-order valence-electron chi connectivity index (χ1n) is 8.54. The molecule has 1 fully saturated rings. The number of nitrogens with one attached hydrogen (secondary N) is 2. The van der Waals surface area contributed by atoms with Gasteiger partial charge in [-0.05, 0) is 36.9 Å². The van der Waals surface area contributed by atoms with Crippen molar-refractivity contribution in [1.82, 2.24) is 10.6 Å². The van der Waals surface area contributed by atoms with Crippen LogP contribution in [-0.4, -0.2) is 24.7 Å². The maximum Gasteiger partial charge on any atom is 0.407 e. The van der Waals surface area contributed by atoms with Gasteiger partial charge < -0.3 is 15.4 Å². The maximum atomic E-state index is 11.8. The quantitative estimate of drug-likeness (QED) is 0.822. The topological polar surface area (TPSA) is 50.4 Å². The van der Waals surface area contributed by atoms with Crippen LogP contribution in [0.15, 0.2) is 60.7 Å². The van der Waals surface area contributed by atoms with Gasteiger partial charge in [0, 0.05) is 12.1 Å². The molecule has 4 heteroatoms. The van der Waals surface area contributed by atoms with Crippen molar-refractivity contribution in [1.29, 1.82) is 0 Å². The Morgan fingerprint density at radius 1 is 0.917 bits per heavy atom. The van der Waals surface area contributed by atoms with E-state index in [1.807, 2.05) is 36.4 Å². The second-order valence-corrected chi connectivity index (χ2v) is 6.26. The minimum Gasteiger partial charge on any atom is -0.445 e. The van der Waals surface area contributed by atoms with E-state index in [1.165, 1.54) is 5.56 Å². The summed E-state index contributed by atoms with van der Waals surface area (Å²) in [5.41, 5.74) is 2.35. The number of ether oxygens (including phenoxy) is 1. The van der Waals surface area contributed by atoms with Crippen LogP contribution in [0.2, 0.25) is 0 Å². The van der Waals surface area contributed by atoms with Gasteiger partial charge in [0.25, 0.3) is 0 Å². The summed E-state index contributed by atoms with van der Waals surface area (Å²) in [6.45, 7) is 1.29. The number of amides is 1. The first kappa shape index (κ1) is 16.5. The number of hydrogen-bond donors (Lipinski definition) is 2. The number of rotatable bonds is 7. The van der Waals surface area contributed by atoms with Crippen LogP contribution in [0.3, 0.4) is 0 Å². The third-order valence-corrected chi connectivity index (χ3v) is 4.36. The molecule has 4 nitrogen and oxygen atoms in total. The summed E-state index contributed by atoms with van der Waals surface area (Å²) >= 11 is 0. The van der Waals surface area contributed by atoms with Gasteiger partial charge in [0.05, 0.1) is 0 Å². The summed E-state index contributed by atoms with van der Waals surface area (Å²) in [7, 11) is 0. The summed E-state index contributed by atoms with van der Waals surface area (Å²) in [5.74, 6) is 0. The van der Waals surface area contributed by atoms with Gasteiger partial charge in [0.2, 0.25) is 0 Å². The van der Waals surface area contributed by atoms with E-state index in [-0.39, 0.29) is 12.1 Å². The highest BCUT2D eigenvalue weighted by molar-refractivity contribution is 5.67. The molecule has 2 aromatic rings. The highest BCUT2D eigenvalue weighted by Gasteiger charge is 2.30. The number of alkyl carbamates (subject to hydrolysis) is 1. The summed E-state index contributed by atoms with van der Waals surface area (Å²) in [6, 6.07) is 20.9. The zero-order valence-corrected chi connectivity index (χ0v) is 13.8. The van der Waals surface area contributed by atoms with Crippen LogP contribution in [-0.2, 0) is 17.8 Å². The van der Waals surface area contributed by atoms with Crippen molar-refractivity contribution < 1.29 is 9.53 Å². The molecule has 0 unspecified atom stereocenters. The molecule has 0 aliphatic heterocycles. The molecular formula is C20H24N2O2. The normalized spacial score (nSPS) is 19.3. The van der Waals surface area contributed by atoms with Crippen molar-refractivity contribution in [3.8, 4) is 0 Å². The monoisotopic (exact) mass is 324 g/mol. The largest absolute Gasteiger partial charge is 0.445 e. The van der Waals surface area contributed by atoms with Gasteiger partial charge in [-0.3, -0.25) is 0 Å². The van der Waals surface area contributed by atoms with E-state index in [0.29, 0.717) is 12.6 Å². The summed E-state index contributed by atoms with van der Waals surface area (Å²) in [5, 5.41) is 6.46. The van der Waals surface area contributed by atoms with Gasteiger partial charge >= 0.3 is 6.09 Å². The maximum absolute atomic E-state index is 11.8. The van der Waals surface area contributed by atoms with Crippen LogP contribution < -0.4 is 10.6 Å². The van der Waals surface area contributed by atoms with E-state index in [9.17, 15) is 4.79 Å². The third kappa shape index (κ3) is 5.10. The predicted octanol–water partition coefficient (Wildman–Crippen LogP) is 3.28. The third-order valence-electron chi connectivity index (χ3n) is 4.36. The molecular weight excluding hydrogens is 300 g/mol. The Balaban J connectivity index is 1.26. The number of carbonyl (C=O) groups excluding carboxylic acids is 1. The van der Waals surface area contributed by atoms with Crippen LogP contribution in [0.4, 0.5) is 4.79 Å². The highest BCUT2D eigenvalue weighted by Crippen LogP contribution is 2.20. The van der Waals surface area contributed by atoms with Gasteiger partial charge in [-0.15, -0.1) is 0 Å². The summed E-state index contributed by atoms with van der Waals surface area (Å²) < 4.78 is 5.24. The Bertz CT molecular complexity index is 625. The van der Waals surface area contributed by atoms with Crippen LogP contribution in [0.1, 0.15) is 24.0 Å². The Labute approximate surface area is 143 Å². The lowest BCUT2D eigenvalue weighted by molar-refractivity contribution is 0.125. The van der Waals surface area contributed by atoms with Gasteiger partial charge in [-0.2, -0.15) is 0 Å². The number of hydrogen-bond acceptors (Lipinski definition) is 3. The van der Waals surface area contributed by atoms with E-state index in [0.717, 1.165) is 31.4 Å². The average molecular weight is 324 g/mol. The number of benzene rings is 2. The summed E-state index contributed by atoms with van der Waals surface area (Å²) in [4.78, 5) is 11.8. The van der Waals surface area contributed by atoms with Crippen LogP contribution in [0.5, 0.6) is 0 Å². The smallest absolute Gasteiger partial charge is 0.407 e. The highest BCUT2D eigenvalue weighted by atomic mass is 16.5. The van der Waals surface area contributed by atoms with Gasteiger partial charge in [0.15, 0.2) is 0 Å². The van der Waals surface area contributed by atoms with E-state index >= 15 is 0 Å². The van der Waals surface area contributed by atoms with E-state index in [1.54, 1.807) is 0 Å². The average Bonchev–Trinajstić information content (AvgIpc) is 2.59. The fraction of sp³-hybridized carbons (Fsp3) is 0.350. The van der Waals surface area contributed by atoms with Gasteiger partial charge in [0.1, 0.15) is 6.61 Å². The van der Waals surface area contributed by atoms with Crippen molar-refractivity contribution in [2.45, 2.75) is 38.0 Å². The molecule has 1 saturated carbocycles. The Hall–Kier alpha value is -2.33. The Morgan fingerprint density at radius 3 is 2.21 bits per heavy atom. The SMILES string of the molecule is O=C(NC1CC(NCCc2ccccc2)C1)OCc1ccccc1. The van der Waals surface area contributed by atoms with Crippen molar-refractivity contribution in [2.24, 2.45) is 0 Å². The minimum atomic E-state index is -0.327. The van der Waals surface area contributed by atoms with Gasteiger partial charge in [-0.1, -0.05) is 60.7 Å². The van der Waals surface area contributed by atoms with E-state index < -0.39 is 0 Å². The Morgan fingerprint density at radius 2 is 1.54 bits per heavy atom. The van der Waals surface area contributed by atoms with Crippen LogP contribution >= 0.6 is 0 Å². The van der Waals surface area contributed by atoms with Crippen molar-refractivity contribution in [3.05, 3.63) is 71.8 Å². The molecule has 0 heterocycles. The predicted molar refractivity (Wildman–Crippen MR) is 94.7 cm³/mol. The molecule has 2 aromatic carbocycles. The molecule has 1 amide bonds. The first-order chi connectivity index (χ1) is 11.8. The Kier molecular flexibility index (Phi) is 5.85. The van der Waals surface area contributed by atoms with Crippen LogP contribution in [0.25, 0.3) is 0 Å². The van der Waals surface area contributed by atoms with E-state index in [2.05, 4.69) is 34.9 Å². The summed E-state index contributed by atoms with van der Waals surface area (Å²) in [6.07, 6.45) is 2.64. The zero-order valence-electron chi connectivity index (χ0n) is 13.8. The molecule has 126 valence electrons. The molecule has 0 atom stereocenters. The molecule has 2 N–H and O–H groups in total. The van der Waals surface area contributed by atoms with Crippen molar-refractivity contribution >= 4 is 6.09 Å². The van der Waals surface area contributed by atoms with Crippen molar-refractivity contribution in [2.75, 3.05) is 6.54 Å². The number of carbonyl (C=O) groups is 1. The molecule has 0 radical (unpaired) electrons. The standard InChI is InChI=1S/C20H24N2O2/c23-20(24-15-17-9-5-2-6-10-17)22-19-13-18(14-19)21-12-11-16-7-3-1-4-8-16/h1-10,18-19,21H,11-15H2,(H,22,23). The molecule has 0 saturated heterocycles. The second kappa shape index (κ2) is 8.50. The lowest BCUT2D eigenvalue weighted by Crippen LogP contribution is -2.52. The minimum absolute atomic E-state index is 0.225. The second-order valence-electron chi connectivity index (χ2n) is 6.26. The molecule has 3 rings (SSSR count). The molecule has 1 aliphatic rings. The fourth-order valence-electron chi connectivity index (χ4n) is 2.90. The zero-order chi connectivity index (χ0) is 16.6. The van der Waals surface area contributed by atoms with Crippen LogP contribution in [0, 0.1) is 0 Å². The van der Waals surface area contributed by atoms with Crippen molar-refractivity contribution in [3.63, 3.8) is 0 Å². The van der Waals surface area contributed by atoms with E-state index in [4.69, 9.17) is 4.74 Å². The molecule has 24 heavy (non-hydrogen) atoms. The molecule has 1 aliphatic carbocycles. The molecule has 0 aromatic heterocycles. The fourth-order valence-corrected chi connectivity index (χ4v) is 2.90. The lowest BCUT2D eigenvalue weighted by atomic mass is 9.87. The lowest BCUT2D eigenvalue weighted by Gasteiger charge is -2.36. The first-order valence-corrected chi connectivity index (χ1v) is 8.54.